The molecule has 0 aromatic heterocycles. The number of nitrogens with one attached hydrogen (secondary N) is 2. The number of piperidine rings is 1. The third kappa shape index (κ3) is 4.82. The van der Waals surface area contributed by atoms with Crippen LogP contribution in [0.5, 0.6) is 0 Å². The summed E-state index contributed by atoms with van der Waals surface area (Å²) in [6, 6.07) is 5.15. The molecule has 0 radical (unpaired) electrons. The number of rotatable bonds is 3. The molecule has 1 aliphatic rings. The molecule has 0 spiro atoms. The topological polar surface area (TPSA) is 81.7 Å². The fourth-order valence-electron chi connectivity index (χ4n) is 2.65. The van der Waals surface area contributed by atoms with E-state index in [9.17, 15) is 14.7 Å². The second-order valence-corrected chi connectivity index (χ2v) is 5.85. The molecule has 1 fully saturated rings. The number of likely N-dealkylation sites (tertiary alicyclic amines) is 1. The fraction of sp³-hybridized carbons (Fsp3) is 0.500. The van der Waals surface area contributed by atoms with Crippen LogP contribution in [0.15, 0.2) is 18.2 Å². The molecule has 0 saturated carbocycles. The minimum absolute atomic E-state index is 0.122. The number of β-amino-alcohol motifs (C(OH)–C–C–N with tert-alkyl or cyclic N) is 1. The number of hydrogen-bond donors (Lipinski definition) is 3. The van der Waals surface area contributed by atoms with Gasteiger partial charge in [-0.15, -0.1) is 0 Å². The molecule has 2 rings (SSSR count). The number of carbonyl (C=O) groups excluding carboxylic acids is 2. The number of nitrogens with zero attached hydrogens (tertiary/aromatic N) is 1. The molecular weight excluding hydrogens is 282 g/mol. The van der Waals surface area contributed by atoms with Gasteiger partial charge in [0.25, 0.3) is 0 Å². The van der Waals surface area contributed by atoms with Crippen molar-refractivity contribution < 1.29 is 14.7 Å². The second kappa shape index (κ2) is 7.38. The normalized spacial score (nSPS) is 18.8. The first-order chi connectivity index (χ1) is 10.4. The number of aryl methyl sites for hydroxylation is 2. The lowest BCUT2D eigenvalue weighted by atomic mass is 10.1. The third-order valence-corrected chi connectivity index (χ3v) is 3.73. The largest absolute Gasteiger partial charge is 0.392 e. The number of amides is 3. The summed E-state index contributed by atoms with van der Waals surface area (Å²) in [5.41, 5.74) is 2.74. The number of hydrogen-bond acceptors (Lipinski definition) is 4. The first-order valence-corrected chi connectivity index (χ1v) is 7.52. The zero-order valence-electron chi connectivity index (χ0n) is 13.1. The summed E-state index contributed by atoms with van der Waals surface area (Å²) < 4.78 is 0. The predicted octanol–water partition coefficient (Wildman–Crippen LogP) is 1.41. The molecule has 1 atom stereocenters. The summed E-state index contributed by atoms with van der Waals surface area (Å²) in [5.74, 6) is -0.364. The van der Waals surface area contributed by atoms with Crippen LogP contribution in [0.1, 0.15) is 24.0 Å². The van der Waals surface area contributed by atoms with Crippen molar-refractivity contribution in [1.82, 2.24) is 10.2 Å². The SMILES string of the molecule is Cc1ccc(NC(=O)NC(=O)CN2CCCC(O)C2)c(C)c1. The van der Waals surface area contributed by atoms with Gasteiger partial charge in [0, 0.05) is 12.2 Å². The van der Waals surface area contributed by atoms with E-state index in [0.717, 1.165) is 30.5 Å². The molecule has 1 aromatic rings. The first-order valence-electron chi connectivity index (χ1n) is 7.52. The van der Waals surface area contributed by atoms with Crippen molar-refractivity contribution in [2.75, 3.05) is 25.0 Å². The molecule has 1 unspecified atom stereocenters. The highest BCUT2D eigenvalue weighted by Gasteiger charge is 2.20. The zero-order chi connectivity index (χ0) is 16.1. The van der Waals surface area contributed by atoms with Crippen LogP contribution >= 0.6 is 0 Å². The van der Waals surface area contributed by atoms with E-state index in [1.807, 2.05) is 36.9 Å². The summed E-state index contributed by atoms with van der Waals surface area (Å²) in [6.45, 7) is 5.25. The van der Waals surface area contributed by atoms with Crippen LogP contribution in [-0.2, 0) is 4.79 Å². The Hall–Kier alpha value is -1.92. The maximum Gasteiger partial charge on any atom is 0.325 e. The van der Waals surface area contributed by atoms with E-state index in [-0.39, 0.29) is 18.6 Å². The molecule has 1 aliphatic heterocycles. The zero-order valence-corrected chi connectivity index (χ0v) is 13.1. The van der Waals surface area contributed by atoms with Gasteiger partial charge in [-0.3, -0.25) is 15.0 Å². The Bertz CT molecular complexity index is 560. The van der Waals surface area contributed by atoms with Crippen LogP contribution in [0.3, 0.4) is 0 Å². The summed E-state index contributed by atoms with van der Waals surface area (Å²) >= 11 is 0. The molecule has 0 aliphatic carbocycles. The van der Waals surface area contributed by atoms with E-state index < -0.39 is 6.03 Å². The van der Waals surface area contributed by atoms with Crippen molar-refractivity contribution >= 4 is 17.6 Å². The molecule has 3 amide bonds. The van der Waals surface area contributed by atoms with E-state index in [1.165, 1.54) is 0 Å². The maximum atomic E-state index is 11.9. The Labute approximate surface area is 130 Å². The lowest BCUT2D eigenvalue weighted by Gasteiger charge is -2.29. The van der Waals surface area contributed by atoms with E-state index in [1.54, 1.807) is 0 Å². The van der Waals surface area contributed by atoms with Crippen molar-refractivity contribution in [2.24, 2.45) is 0 Å². The molecule has 1 saturated heterocycles. The van der Waals surface area contributed by atoms with Crippen LogP contribution < -0.4 is 10.6 Å². The van der Waals surface area contributed by atoms with Crippen LogP contribution in [0.2, 0.25) is 0 Å². The highest BCUT2D eigenvalue weighted by molar-refractivity contribution is 6.02. The van der Waals surface area contributed by atoms with Crippen molar-refractivity contribution in [3.63, 3.8) is 0 Å². The van der Waals surface area contributed by atoms with Gasteiger partial charge in [0.05, 0.1) is 12.6 Å². The van der Waals surface area contributed by atoms with Crippen LogP contribution in [0.25, 0.3) is 0 Å². The van der Waals surface area contributed by atoms with Crippen LogP contribution in [0.4, 0.5) is 10.5 Å². The minimum Gasteiger partial charge on any atom is -0.392 e. The lowest BCUT2D eigenvalue weighted by Crippen LogP contribution is -2.46. The number of anilines is 1. The molecule has 0 bridgehead atoms. The third-order valence-electron chi connectivity index (χ3n) is 3.73. The Morgan fingerprint density at radius 3 is 2.82 bits per heavy atom. The van der Waals surface area contributed by atoms with E-state index in [4.69, 9.17) is 0 Å². The lowest BCUT2D eigenvalue weighted by molar-refractivity contribution is -0.121. The van der Waals surface area contributed by atoms with E-state index in [0.29, 0.717) is 12.2 Å². The number of aliphatic hydroxyl groups excluding tert-OH is 1. The number of imide groups is 1. The highest BCUT2D eigenvalue weighted by atomic mass is 16.3. The average molecular weight is 305 g/mol. The molecule has 6 nitrogen and oxygen atoms in total. The van der Waals surface area contributed by atoms with Gasteiger partial charge in [-0.2, -0.15) is 0 Å². The molecule has 6 heteroatoms. The van der Waals surface area contributed by atoms with Gasteiger partial charge >= 0.3 is 6.03 Å². The van der Waals surface area contributed by atoms with Gasteiger partial charge in [-0.05, 0) is 44.9 Å². The Kier molecular flexibility index (Phi) is 5.51. The predicted molar refractivity (Wildman–Crippen MR) is 84.8 cm³/mol. The monoisotopic (exact) mass is 305 g/mol. The van der Waals surface area contributed by atoms with Crippen LogP contribution in [0, 0.1) is 13.8 Å². The number of aliphatic hydroxyl groups is 1. The Balaban J connectivity index is 1.82. The second-order valence-electron chi connectivity index (χ2n) is 5.85. The Morgan fingerprint density at radius 1 is 1.36 bits per heavy atom. The van der Waals surface area contributed by atoms with E-state index in [2.05, 4.69) is 10.6 Å². The standard InChI is InChI=1S/C16H23N3O3/c1-11-5-6-14(12(2)8-11)17-16(22)18-15(21)10-19-7-3-4-13(20)9-19/h5-6,8,13,20H,3-4,7,9-10H2,1-2H3,(H2,17,18,21,22). The molecule has 120 valence electrons. The number of benzene rings is 1. The van der Waals surface area contributed by atoms with Gasteiger partial charge in [0.1, 0.15) is 0 Å². The Morgan fingerprint density at radius 2 is 2.14 bits per heavy atom. The van der Waals surface area contributed by atoms with Crippen molar-refractivity contribution in [2.45, 2.75) is 32.8 Å². The van der Waals surface area contributed by atoms with Crippen molar-refractivity contribution in [1.29, 1.82) is 0 Å². The van der Waals surface area contributed by atoms with Gasteiger partial charge < -0.3 is 10.4 Å². The molecule has 22 heavy (non-hydrogen) atoms. The molecule has 1 aromatic carbocycles. The fourth-order valence-corrected chi connectivity index (χ4v) is 2.65. The number of urea groups is 1. The summed E-state index contributed by atoms with van der Waals surface area (Å²) in [6.07, 6.45) is 1.25. The first kappa shape index (κ1) is 16.5. The van der Waals surface area contributed by atoms with Crippen molar-refractivity contribution in [3.8, 4) is 0 Å². The van der Waals surface area contributed by atoms with Gasteiger partial charge in [0.15, 0.2) is 0 Å². The summed E-state index contributed by atoms with van der Waals surface area (Å²) in [5, 5.41) is 14.6. The maximum absolute atomic E-state index is 11.9. The summed E-state index contributed by atoms with van der Waals surface area (Å²) in [4.78, 5) is 25.6. The summed E-state index contributed by atoms with van der Waals surface area (Å²) in [7, 11) is 0. The van der Waals surface area contributed by atoms with E-state index >= 15 is 0 Å². The van der Waals surface area contributed by atoms with Gasteiger partial charge in [-0.25, -0.2) is 4.79 Å². The molecule has 3 N–H and O–H groups in total. The van der Waals surface area contributed by atoms with Gasteiger partial charge in [0.2, 0.25) is 5.91 Å². The molecule has 1 heterocycles. The highest BCUT2D eigenvalue weighted by Crippen LogP contribution is 2.15. The van der Waals surface area contributed by atoms with Gasteiger partial charge in [-0.1, -0.05) is 17.7 Å². The smallest absolute Gasteiger partial charge is 0.325 e. The molecular formula is C16H23N3O3. The minimum atomic E-state index is -0.533. The average Bonchev–Trinajstić information content (AvgIpc) is 2.41. The van der Waals surface area contributed by atoms with Crippen LogP contribution in [-0.4, -0.2) is 47.7 Å². The number of carbonyl (C=O) groups is 2. The quantitative estimate of drug-likeness (QED) is 0.788. The van der Waals surface area contributed by atoms with Crippen molar-refractivity contribution in [3.05, 3.63) is 29.3 Å².